The fourth-order valence-electron chi connectivity index (χ4n) is 0.557. The molecule has 0 rings (SSSR count). The lowest BCUT2D eigenvalue weighted by molar-refractivity contribution is -0.109. The van der Waals surface area contributed by atoms with Gasteiger partial charge in [-0.15, -0.1) is 0 Å². The molecule has 0 aromatic heterocycles. The van der Waals surface area contributed by atoms with Crippen LogP contribution < -0.4 is 5.32 Å². The summed E-state index contributed by atoms with van der Waals surface area (Å²) in [5, 5.41) is 2.50. The van der Waals surface area contributed by atoms with Gasteiger partial charge in [-0.1, -0.05) is 0 Å². The molecule has 0 aromatic carbocycles. The first-order chi connectivity index (χ1) is 4.41. The Bertz CT molecular complexity index is 68.1. The Morgan fingerprint density at radius 3 is 2.67 bits per heavy atom. The minimum Gasteiger partial charge on any atom is -0.359 e. The summed E-state index contributed by atoms with van der Waals surface area (Å²) in [4.78, 5) is 9.65. The van der Waals surface area contributed by atoms with Crippen molar-refractivity contribution in [2.75, 3.05) is 13.2 Å². The van der Waals surface area contributed by atoms with Gasteiger partial charge in [0.05, 0.1) is 6.67 Å². The summed E-state index contributed by atoms with van der Waals surface area (Å²) in [6, 6.07) is 0. The van der Waals surface area contributed by atoms with E-state index in [2.05, 4.69) is 5.32 Å². The number of nitrogens with one attached hydrogen (secondary N) is 1. The number of unbranched alkanes of at least 4 members (excludes halogenated alkanes) is 2. The van der Waals surface area contributed by atoms with Crippen LogP contribution >= 0.6 is 0 Å². The normalized spacial score (nSPS) is 9.00. The molecule has 0 aliphatic rings. The highest BCUT2D eigenvalue weighted by molar-refractivity contribution is 5.45. The molecule has 1 amide bonds. The molecule has 54 valence electrons. The third-order valence-corrected chi connectivity index (χ3v) is 1.04. The van der Waals surface area contributed by atoms with Crippen LogP contribution in [0.15, 0.2) is 0 Å². The molecule has 0 unspecified atom stereocenters. The standard InChI is InChI=1S/C6H12FNO/c7-4-2-1-3-5-8-6-9/h6H,1-5H2,(H,8,9). The lowest BCUT2D eigenvalue weighted by atomic mass is 10.2. The van der Waals surface area contributed by atoms with E-state index in [1.54, 1.807) is 0 Å². The number of carbonyl (C=O) groups excluding carboxylic acids is 1. The van der Waals surface area contributed by atoms with Crippen molar-refractivity contribution >= 4 is 6.41 Å². The highest BCUT2D eigenvalue weighted by atomic mass is 19.1. The quantitative estimate of drug-likeness (QED) is 0.423. The van der Waals surface area contributed by atoms with Gasteiger partial charge in [0.1, 0.15) is 0 Å². The molecular weight excluding hydrogens is 121 g/mol. The van der Waals surface area contributed by atoms with E-state index in [-0.39, 0.29) is 6.67 Å². The van der Waals surface area contributed by atoms with Crippen LogP contribution in [-0.4, -0.2) is 19.6 Å². The van der Waals surface area contributed by atoms with Crippen molar-refractivity contribution in [3.05, 3.63) is 0 Å². The van der Waals surface area contributed by atoms with Gasteiger partial charge in [0.15, 0.2) is 0 Å². The van der Waals surface area contributed by atoms with Crippen molar-refractivity contribution in [2.24, 2.45) is 0 Å². The molecule has 0 fully saturated rings. The molecule has 0 aliphatic heterocycles. The van der Waals surface area contributed by atoms with Gasteiger partial charge < -0.3 is 5.32 Å². The molecule has 0 saturated heterocycles. The zero-order valence-corrected chi connectivity index (χ0v) is 5.40. The SMILES string of the molecule is O=CNCCCCCF. The monoisotopic (exact) mass is 133 g/mol. The van der Waals surface area contributed by atoms with E-state index < -0.39 is 0 Å². The van der Waals surface area contributed by atoms with Crippen LogP contribution in [0, 0.1) is 0 Å². The predicted octanol–water partition coefficient (Wildman–Crippen LogP) is 0.872. The Morgan fingerprint density at radius 1 is 1.33 bits per heavy atom. The largest absolute Gasteiger partial charge is 0.359 e. The van der Waals surface area contributed by atoms with Crippen LogP contribution in [0.2, 0.25) is 0 Å². The van der Waals surface area contributed by atoms with Crippen molar-refractivity contribution in [3.8, 4) is 0 Å². The summed E-state index contributed by atoms with van der Waals surface area (Å²) in [6.07, 6.45) is 3.01. The average Bonchev–Trinajstić information content (AvgIpc) is 1.89. The summed E-state index contributed by atoms with van der Waals surface area (Å²) in [5.41, 5.74) is 0. The Labute approximate surface area is 54.4 Å². The van der Waals surface area contributed by atoms with Crippen LogP contribution in [-0.2, 0) is 4.79 Å². The van der Waals surface area contributed by atoms with Crippen LogP contribution in [0.1, 0.15) is 19.3 Å². The number of amides is 1. The third-order valence-electron chi connectivity index (χ3n) is 1.04. The Morgan fingerprint density at radius 2 is 2.11 bits per heavy atom. The second kappa shape index (κ2) is 7.40. The Hall–Kier alpha value is -0.600. The van der Waals surface area contributed by atoms with Crippen LogP contribution in [0.3, 0.4) is 0 Å². The molecule has 0 heterocycles. The molecule has 0 spiro atoms. The van der Waals surface area contributed by atoms with Crippen LogP contribution in [0.25, 0.3) is 0 Å². The maximum atomic E-state index is 11.4. The van der Waals surface area contributed by atoms with Crippen molar-refractivity contribution in [1.82, 2.24) is 5.32 Å². The van der Waals surface area contributed by atoms with Crippen molar-refractivity contribution in [1.29, 1.82) is 0 Å². The number of halogens is 1. The van der Waals surface area contributed by atoms with E-state index in [4.69, 9.17) is 0 Å². The van der Waals surface area contributed by atoms with Gasteiger partial charge in [-0.25, -0.2) is 0 Å². The molecule has 0 aromatic rings. The Balaban J connectivity index is 2.66. The van der Waals surface area contributed by atoms with Gasteiger partial charge in [-0.3, -0.25) is 9.18 Å². The first kappa shape index (κ1) is 8.40. The topological polar surface area (TPSA) is 29.1 Å². The van der Waals surface area contributed by atoms with E-state index in [0.29, 0.717) is 19.4 Å². The van der Waals surface area contributed by atoms with E-state index in [1.165, 1.54) is 0 Å². The zero-order valence-electron chi connectivity index (χ0n) is 5.40. The maximum Gasteiger partial charge on any atom is 0.207 e. The molecule has 9 heavy (non-hydrogen) atoms. The Kier molecular flexibility index (Phi) is 6.91. The van der Waals surface area contributed by atoms with E-state index in [0.717, 1.165) is 12.8 Å². The summed E-state index contributed by atoms with van der Waals surface area (Å²) >= 11 is 0. The minimum absolute atomic E-state index is 0.249. The highest BCUT2D eigenvalue weighted by Gasteiger charge is 1.85. The number of hydrogen-bond acceptors (Lipinski definition) is 1. The van der Waals surface area contributed by atoms with Gasteiger partial charge in [0.2, 0.25) is 6.41 Å². The van der Waals surface area contributed by atoms with E-state index >= 15 is 0 Å². The number of carbonyl (C=O) groups is 1. The lowest BCUT2D eigenvalue weighted by Gasteiger charge is -1.95. The number of rotatable bonds is 6. The van der Waals surface area contributed by atoms with Crippen molar-refractivity contribution in [2.45, 2.75) is 19.3 Å². The molecule has 0 bridgehead atoms. The van der Waals surface area contributed by atoms with Gasteiger partial charge in [-0.2, -0.15) is 0 Å². The van der Waals surface area contributed by atoms with Crippen molar-refractivity contribution < 1.29 is 9.18 Å². The molecule has 0 atom stereocenters. The molecule has 1 N–H and O–H groups in total. The summed E-state index contributed by atoms with van der Waals surface area (Å²) < 4.78 is 11.4. The van der Waals surface area contributed by atoms with E-state index in [9.17, 15) is 9.18 Å². The smallest absolute Gasteiger partial charge is 0.207 e. The molecule has 0 aliphatic carbocycles. The fourth-order valence-corrected chi connectivity index (χ4v) is 0.557. The highest BCUT2D eigenvalue weighted by Crippen LogP contribution is 1.92. The summed E-state index contributed by atoms with van der Waals surface area (Å²) in [7, 11) is 0. The second-order valence-electron chi connectivity index (χ2n) is 1.82. The molecule has 0 radical (unpaired) electrons. The fraction of sp³-hybridized carbons (Fsp3) is 0.833. The molecule has 3 heteroatoms. The summed E-state index contributed by atoms with van der Waals surface area (Å²) in [6.45, 7) is 0.421. The zero-order chi connectivity index (χ0) is 6.95. The van der Waals surface area contributed by atoms with Gasteiger partial charge in [0.25, 0.3) is 0 Å². The van der Waals surface area contributed by atoms with Crippen LogP contribution in [0.4, 0.5) is 4.39 Å². The van der Waals surface area contributed by atoms with Gasteiger partial charge in [0, 0.05) is 6.54 Å². The molecule has 0 saturated carbocycles. The average molecular weight is 133 g/mol. The first-order valence-electron chi connectivity index (χ1n) is 3.15. The maximum absolute atomic E-state index is 11.4. The number of hydrogen-bond donors (Lipinski definition) is 1. The lowest BCUT2D eigenvalue weighted by Crippen LogP contribution is -2.11. The van der Waals surface area contributed by atoms with Crippen LogP contribution in [0.5, 0.6) is 0 Å². The molecular formula is C6H12FNO. The van der Waals surface area contributed by atoms with Crippen molar-refractivity contribution in [3.63, 3.8) is 0 Å². The minimum atomic E-state index is -0.249. The third kappa shape index (κ3) is 7.40. The summed E-state index contributed by atoms with van der Waals surface area (Å²) in [5.74, 6) is 0. The van der Waals surface area contributed by atoms with Gasteiger partial charge in [-0.05, 0) is 19.3 Å². The number of alkyl halides is 1. The van der Waals surface area contributed by atoms with E-state index in [1.807, 2.05) is 0 Å². The second-order valence-corrected chi connectivity index (χ2v) is 1.82. The molecule has 2 nitrogen and oxygen atoms in total. The first-order valence-corrected chi connectivity index (χ1v) is 3.15. The predicted molar refractivity (Wildman–Crippen MR) is 33.9 cm³/mol. The van der Waals surface area contributed by atoms with Gasteiger partial charge >= 0.3 is 0 Å².